The van der Waals surface area contributed by atoms with E-state index in [0.29, 0.717) is 5.84 Å². The molecule has 0 fully saturated rings. The maximum Gasteiger partial charge on any atom is 0.144 e. The van der Waals surface area contributed by atoms with Gasteiger partial charge >= 0.3 is 0 Å². The Morgan fingerprint density at radius 1 is 1.53 bits per heavy atom. The molecule has 15 heavy (non-hydrogen) atoms. The SMILES string of the molecule is CC(C)(C)N=C(NC(=O)[O-])c1cccs1. The van der Waals surface area contributed by atoms with Crippen LogP contribution in [0, 0.1) is 0 Å². The number of nitrogens with one attached hydrogen (secondary N) is 1. The first-order chi connectivity index (χ1) is 6.88. The third-order valence-electron chi connectivity index (χ3n) is 1.42. The highest BCUT2D eigenvalue weighted by Gasteiger charge is 2.12. The average Bonchev–Trinajstić information content (AvgIpc) is 2.50. The second-order valence-electron chi connectivity index (χ2n) is 4.02. The van der Waals surface area contributed by atoms with Gasteiger partial charge in [-0.15, -0.1) is 11.3 Å². The van der Waals surface area contributed by atoms with E-state index in [1.165, 1.54) is 11.3 Å². The lowest BCUT2D eigenvalue weighted by Crippen LogP contribution is -2.41. The molecule has 82 valence electrons. The van der Waals surface area contributed by atoms with Crippen molar-refractivity contribution in [3.8, 4) is 0 Å². The van der Waals surface area contributed by atoms with E-state index in [0.717, 1.165) is 4.88 Å². The first-order valence-electron chi connectivity index (χ1n) is 4.50. The molecule has 0 radical (unpaired) electrons. The number of rotatable bonds is 1. The fourth-order valence-corrected chi connectivity index (χ4v) is 1.66. The first-order valence-corrected chi connectivity index (χ1v) is 5.38. The molecule has 0 spiro atoms. The van der Waals surface area contributed by atoms with E-state index in [9.17, 15) is 9.90 Å². The summed E-state index contributed by atoms with van der Waals surface area (Å²) in [5.41, 5.74) is -0.332. The highest BCUT2D eigenvalue weighted by atomic mass is 32.1. The fourth-order valence-electron chi connectivity index (χ4n) is 0.990. The first kappa shape index (κ1) is 11.7. The van der Waals surface area contributed by atoms with Crippen molar-refractivity contribution in [2.75, 3.05) is 0 Å². The molecule has 0 atom stereocenters. The van der Waals surface area contributed by atoms with Crippen LogP contribution in [0.15, 0.2) is 22.5 Å². The number of carbonyl (C=O) groups is 1. The van der Waals surface area contributed by atoms with Gasteiger partial charge in [-0.05, 0) is 32.2 Å². The summed E-state index contributed by atoms with van der Waals surface area (Å²) >= 11 is 1.43. The number of thiophene rings is 1. The van der Waals surface area contributed by atoms with E-state index >= 15 is 0 Å². The maximum absolute atomic E-state index is 10.5. The fraction of sp³-hybridized carbons (Fsp3) is 0.400. The van der Waals surface area contributed by atoms with Crippen molar-refractivity contribution in [1.82, 2.24) is 5.32 Å². The van der Waals surface area contributed by atoms with E-state index in [1.807, 2.05) is 38.3 Å². The maximum atomic E-state index is 10.5. The molecule has 0 aliphatic heterocycles. The summed E-state index contributed by atoms with van der Waals surface area (Å²) in [4.78, 5) is 15.6. The number of amidine groups is 1. The smallest absolute Gasteiger partial charge is 0.144 e. The van der Waals surface area contributed by atoms with Crippen LogP contribution >= 0.6 is 11.3 Å². The van der Waals surface area contributed by atoms with Gasteiger partial charge in [-0.2, -0.15) is 0 Å². The molecule has 1 heterocycles. The van der Waals surface area contributed by atoms with Gasteiger partial charge in [0.2, 0.25) is 0 Å². The van der Waals surface area contributed by atoms with Crippen molar-refractivity contribution in [3.63, 3.8) is 0 Å². The zero-order valence-electron chi connectivity index (χ0n) is 8.90. The summed E-state index contributed by atoms with van der Waals surface area (Å²) in [6, 6.07) is 3.65. The monoisotopic (exact) mass is 225 g/mol. The summed E-state index contributed by atoms with van der Waals surface area (Å²) in [6.07, 6.45) is -1.34. The van der Waals surface area contributed by atoms with Gasteiger partial charge in [-0.25, -0.2) is 0 Å². The normalized spacial score (nSPS) is 12.6. The van der Waals surface area contributed by atoms with Crippen LogP contribution < -0.4 is 10.4 Å². The third-order valence-corrected chi connectivity index (χ3v) is 2.30. The van der Waals surface area contributed by atoms with Gasteiger partial charge < -0.3 is 15.2 Å². The summed E-state index contributed by atoms with van der Waals surface area (Å²) in [6.45, 7) is 5.70. The largest absolute Gasteiger partial charge is 0.530 e. The molecule has 1 N–H and O–H groups in total. The highest BCUT2D eigenvalue weighted by Crippen LogP contribution is 2.13. The predicted octanol–water partition coefficient (Wildman–Crippen LogP) is 1.23. The molecule has 0 saturated heterocycles. The Morgan fingerprint density at radius 2 is 2.20 bits per heavy atom. The van der Waals surface area contributed by atoms with E-state index in [2.05, 4.69) is 10.3 Å². The molecule has 0 aromatic carbocycles. The Kier molecular flexibility index (Phi) is 3.47. The van der Waals surface area contributed by atoms with Crippen molar-refractivity contribution in [2.45, 2.75) is 26.3 Å². The van der Waals surface area contributed by atoms with Crippen LogP contribution in [-0.4, -0.2) is 17.5 Å². The lowest BCUT2D eigenvalue weighted by molar-refractivity contribution is -0.248. The van der Waals surface area contributed by atoms with E-state index < -0.39 is 6.09 Å². The molecule has 1 rings (SSSR count). The van der Waals surface area contributed by atoms with Gasteiger partial charge in [0.15, 0.2) is 0 Å². The molecule has 1 amide bonds. The van der Waals surface area contributed by atoms with Gasteiger partial charge in [-0.3, -0.25) is 4.99 Å². The van der Waals surface area contributed by atoms with E-state index in [1.54, 1.807) is 0 Å². The van der Waals surface area contributed by atoms with Crippen molar-refractivity contribution in [1.29, 1.82) is 0 Å². The minimum absolute atomic E-state index is 0.332. The number of carbonyl (C=O) groups excluding carboxylic acids is 1. The molecule has 4 nitrogen and oxygen atoms in total. The molecule has 1 aromatic rings. The Morgan fingerprint density at radius 3 is 2.60 bits per heavy atom. The summed E-state index contributed by atoms with van der Waals surface area (Å²) in [7, 11) is 0. The lowest BCUT2D eigenvalue weighted by atomic mass is 10.1. The van der Waals surface area contributed by atoms with Crippen LogP contribution in [0.5, 0.6) is 0 Å². The zero-order chi connectivity index (χ0) is 11.5. The van der Waals surface area contributed by atoms with Crippen LogP contribution in [0.1, 0.15) is 25.6 Å². The van der Waals surface area contributed by atoms with Crippen molar-refractivity contribution in [2.24, 2.45) is 4.99 Å². The minimum atomic E-state index is -1.34. The average molecular weight is 225 g/mol. The molecule has 1 aromatic heterocycles. The second-order valence-corrected chi connectivity index (χ2v) is 4.97. The number of nitrogens with zero attached hydrogens (tertiary/aromatic N) is 1. The van der Waals surface area contributed by atoms with Gasteiger partial charge in [0.1, 0.15) is 11.9 Å². The Hall–Kier alpha value is -1.36. The quantitative estimate of drug-likeness (QED) is 0.577. The standard InChI is InChI=1S/C10H14N2O2S/c1-10(2,3)12-8(11-9(13)14)7-5-4-6-15-7/h4-6H,1-3H3,(H,11,12)(H,13,14)/p-1. The van der Waals surface area contributed by atoms with Crippen LogP contribution in [0.4, 0.5) is 4.79 Å². The molecule has 0 saturated carbocycles. The second kappa shape index (κ2) is 4.44. The van der Waals surface area contributed by atoms with Crippen LogP contribution in [0.2, 0.25) is 0 Å². The Bertz CT molecular complexity index is 363. The third kappa shape index (κ3) is 4.12. The van der Waals surface area contributed by atoms with E-state index in [-0.39, 0.29) is 5.54 Å². The zero-order valence-corrected chi connectivity index (χ0v) is 9.72. The van der Waals surface area contributed by atoms with E-state index in [4.69, 9.17) is 0 Å². The number of hydrogen-bond acceptors (Lipinski definition) is 4. The number of amides is 1. The lowest BCUT2D eigenvalue weighted by Gasteiger charge is -2.16. The summed E-state index contributed by atoms with van der Waals surface area (Å²) < 4.78 is 0. The molecule has 0 bridgehead atoms. The topological polar surface area (TPSA) is 64.5 Å². The minimum Gasteiger partial charge on any atom is -0.530 e. The number of carboxylic acid groups (broad SMARTS) is 1. The number of aliphatic imine (C=N–C) groups is 1. The molecule has 0 aliphatic carbocycles. The van der Waals surface area contributed by atoms with Crippen LogP contribution in [0.25, 0.3) is 0 Å². The molecular weight excluding hydrogens is 212 g/mol. The Balaban J connectivity index is 2.99. The van der Waals surface area contributed by atoms with Gasteiger partial charge in [0, 0.05) is 0 Å². The predicted molar refractivity (Wildman–Crippen MR) is 59.1 cm³/mol. The molecule has 0 unspecified atom stereocenters. The van der Waals surface area contributed by atoms with Crippen molar-refractivity contribution < 1.29 is 9.90 Å². The molecule has 5 heteroatoms. The van der Waals surface area contributed by atoms with Crippen LogP contribution in [-0.2, 0) is 0 Å². The highest BCUT2D eigenvalue weighted by molar-refractivity contribution is 7.12. The molecule has 0 aliphatic rings. The van der Waals surface area contributed by atoms with Crippen LogP contribution in [0.3, 0.4) is 0 Å². The summed E-state index contributed by atoms with van der Waals surface area (Å²) in [5.74, 6) is 0.345. The van der Waals surface area contributed by atoms with Crippen molar-refractivity contribution in [3.05, 3.63) is 22.4 Å². The van der Waals surface area contributed by atoms with Gasteiger partial charge in [-0.1, -0.05) is 6.07 Å². The Labute approximate surface area is 92.7 Å². The van der Waals surface area contributed by atoms with Gasteiger partial charge in [0.25, 0.3) is 0 Å². The summed E-state index contributed by atoms with van der Waals surface area (Å²) in [5, 5.41) is 14.6. The number of hydrogen-bond donors (Lipinski definition) is 1. The molecular formula is C10H13N2O2S-. The van der Waals surface area contributed by atoms with Crippen molar-refractivity contribution >= 4 is 23.3 Å². The van der Waals surface area contributed by atoms with Gasteiger partial charge in [0.05, 0.1) is 10.4 Å².